The molecule has 1 atom stereocenters. The van der Waals surface area contributed by atoms with E-state index in [-0.39, 0.29) is 18.2 Å². The second-order valence-corrected chi connectivity index (χ2v) is 5.29. The van der Waals surface area contributed by atoms with Crippen LogP contribution in [0.1, 0.15) is 40.5 Å². The summed E-state index contributed by atoms with van der Waals surface area (Å²) in [6.45, 7) is 7.52. The first-order chi connectivity index (χ1) is 7.02. The topological polar surface area (TPSA) is 116 Å². The Hall–Kier alpha value is -0.210. The van der Waals surface area contributed by atoms with E-state index in [0.717, 1.165) is 12.8 Å². The molecule has 0 aliphatic heterocycles. The smallest absolute Gasteiger partial charge is 0.328 e. The van der Waals surface area contributed by atoms with Crippen molar-refractivity contribution in [2.24, 2.45) is 11.5 Å². The van der Waals surface area contributed by atoms with Gasteiger partial charge < -0.3 is 11.5 Å². The molecule has 16 heavy (non-hydrogen) atoms. The first kappa shape index (κ1) is 18.2. The highest BCUT2D eigenvalue weighted by Crippen LogP contribution is 2.07. The van der Waals surface area contributed by atoms with Gasteiger partial charge in [0.2, 0.25) is 0 Å². The lowest BCUT2D eigenvalue weighted by molar-refractivity contribution is 0.283. The van der Waals surface area contributed by atoms with Crippen LogP contribution in [0.5, 0.6) is 0 Å². The van der Waals surface area contributed by atoms with Crippen LogP contribution >= 0.6 is 0 Å². The van der Waals surface area contributed by atoms with E-state index in [9.17, 15) is 8.42 Å². The highest BCUT2D eigenvalue weighted by Gasteiger charge is 2.13. The van der Waals surface area contributed by atoms with Crippen molar-refractivity contribution >= 4 is 10.4 Å². The zero-order chi connectivity index (χ0) is 13.4. The number of hydrogen-bond donors (Lipinski definition) is 3. The van der Waals surface area contributed by atoms with Gasteiger partial charge >= 0.3 is 10.4 Å². The molecule has 0 amide bonds. The van der Waals surface area contributed by atoms with E-state index in [1.54, 1.807) is 0 Å². The summed E-state index contributed by atoms with van der Waals surface area (Å²) in [5, 5.41) is 0. The minimum absolute atomic E-state index is 0.0289. The van der Waals surface area contributed by atoms with Crippen molar-refractivity contribution in [2.45, 2.75) is 52.1 Å². The fourth-order valence-electron chi connectivity index (χ4n) is 0.969. The monoisotopic (exact) mass is 256 g/mol. The van der Waals surface area contributed by atoms with Crippen molar-refractivity contribution in [1.82, 2.24) is 0 Å². The molecule has 0 rings (SSSR count). The van der Waals surface area contributed by atoms with Gasteiger partial charge in [-0.25, -0.2) is 4.18 Å². The molecule has 0 aromatic heterocycles. The summed E-state index contributed by atoms with van der Waals surface area (Å²) < 4.78 is 30.7. The third-order valence-corrected chi connectivity index (χ3v) is 2.11. The first-order valence-corrected chi connectivity index (χ1v) is 6.54. The highest BCUT2D eigenvalue weighted by molar-refractivity contribution is 7.80. The molecule has 1 unspecified atom stereocenters. The Labute approximate surface area is 98.3 Å². The van der Waals surface area contributed by atoms with Crippen molar-refractivity contribution in [3.05, 3.63) is 0 Å². The molecule has 100 valence electrons. The summed E-state index contributed by atoms with van der Waals surface area (Å²) in [7, 11) is -4.17. The summed E-state index contributed by atoms with van der Waals surface area (Å²) in [5.74, 6) is 0. The fourth-order valence-corrected chi connectivity index (χ4v) is 1.27. The average molecular weight is 256 g/mol. The maximum absolute atomic E-state index is 9.56. The van der Waals surface area contributed by atoms with Gasteiger partial charge in [-0.05, 0) is 33.6 Å². The van der Waals surface area contributed by atoms with E-state index in [4.69, 9.17) is 16.0 Å². The number of hydrogen-bond acceptors (Lipinski definition) is 5. The Morgan fingerprint density at radius 3 is 1.88 bits per heavy atom. The summed E-state index contributed by atoms with van der Waals surface area (Å²) in [6, 6.07) is 0.269. The summed E-state index contributed by atoms with van der Waals surface area (Å²) in [6.07, 6.45) is 1.92. The largest absolute Gasteiger partial charge is 0.397 e. The first-order valence-electron chi connectivity index (χ1n) is 5.18. The molecule has 0 heterocycles. The Kier molecular flexibility index (Phi) is 9.04. The Balaban J connectivity index is 0. The van der Waals surface area contributed by atoms with E-state index in [1.165, 1.54) is 6.92 Å². The van der Waals surface area contributed by atoms with Gasteiger partial charge in [-0.3, -0.25) is 4.55 Å². The van der Waals surface area contributed by atoms with Crippen molar-refractivity contribution in [2.75, 3.05) is 6.61 Å². The van der Waals surface area contributed by atoms with Crippen molar-refractivity contribution in [1.29, 1.82) is 0 Å². The van der Waals surface area contributed by atoms with E-state index in [0.29, 0.717) is 0 Å². The van der Waals surface area contributed by atoms with Crippen LogP contribution in [-0.2, 0) is 14.6 Å². The predicted molar refractivity (Wildman–Crippen MR) is 64.3 cm³/mol. The lowest BCUT2D eigenvalue weighted by Gasteiger charge is -2.21. The molecule has 0 aromatic carbocycles. The number of nitrogens with two attached hydrogens (primary N) is 2. The Morgan fingerprint density at radius 2 is 1.81 bits per heavy atom. The highest BCUT2D eigenvalue weighted by atomic mass is 32.3. The molecule has 7 heteroatoms. The summed E-state index contributed by atoms with van der Waals surface area (Å²) >= 11 is 0. The molecule has 0 aliphatic carbocycles. The average Bonchev–Trinajstić information content (AvgIpc) is 1.99. The molecule has 0 saturated heterocycles. The van der Waals surface area contributed by atoms with Gasteiger partial charge in [0.25, 0.3) is 0 Å². The van der Waals surface area contributed by atoms with Crippen LogP contribution in [0.4, 0.5) is 0 Å². The van der Waals surface area contributed by atoms with Gasteiger partial charge in [-0.2, -0.15) is 8.42 Å². The molecule has 0 bridgehead atoms. The van der Waals surface area contributed by atoms with Crippen LogP contribution in [0, 0.1) is 0 Å². The fraction of sp³-hybridized carbons (Fsp3) is 1.00. The molecule has 6 nitrogen and oxygen atoms in total. The maximum Gasteiger partial charge on any atom is 0.397 e. The molecule has 0 spiro atoms. The van der Waals surface area contributed by atoms with E-state index in [2.05, 4.69) is 11.1 Å². The van der Waals surface area contributed by atoms with Crippen LogP contribution in [-0.4, -0.2) is 31.2 Å². The zero-order valence-corrected chi connectivity index (χ0v) is 11.3. The Bertz CT molecular complexity index is 259. The molecule has 0 aliphatic rings. The molecular formula is C9H24N2O4S. The standard InChI is InChI=1S/C7H18N2.C2H6O4S/c1-4-6(8)5-7(2,3)9;1-2-6-7(3,4)5/h6H,4-5,8-9H2,1-3H3;2H2,1H3,(H,3,4,5). The van der Waals surface area contributed by atoms with E-state index in [1.807, 2.05) is 13.8 Å². The predicted octanol–water partition coefficient (Wildman–Crippen LogP) is 0.677. The van der Waals surface area contributed by atoms with Crippen LogP contribution in [0.15, 0.2) is 0 Å². The molecule has 0 aromatic rings. The van der Waals surface area contributed by atoms with Gasteiger partial charge in [0.1, 0.15) is 0 Å². The normalized spacial score (nSPS) is 13.9. The molecule has 0 saturated carbocycles. The minimum atomic E-state index is -4.17. The lowest BCUT2D eigenvalue weighted by atomic mass is 9.96. The SMILES string of the molecule is CCC(N)CC(C)(C)N.CCOS(=O)(=O)O. The molecular weight excluding hydrogens is 232 g/mol. The van der Waals surface area contributed by atoms with Crippen LogP contribution in [0.3, 0.4) is 0 Å². The maximum atomic E-state index is 9.56. The number of rotatable bonds is 5. The summed E-state index contributed by atoms with van der Waals surface area (Å²) in [5.41, 5.74) is 11.3. The van der Waals surface area contributed by atoms with Crippen LogP contribution in [0.25, 0.3) is 0 Å². The third-order valence-electron chi connectivity index (χ3n) is 1.58. The summed E-state index contributed by atoms with van der Waals surface area (Å²) in [4.78, 5) is 0. The third kappa shape index (κ3) is 19.4. The lowest BCUT2D eigenvalue weighted by Crippen LogP contribution is -2.39. The second-order valence-electron chi connectivity index (χ2n) is 4.20. The van der Waals surface area contributed by atoms with Crippen molar-refractivity contribution in [3.63, 3.8) is 0 Å². The quantitative estimate of drug-likeness (QED) is 0.623. The van der Waals surface area contributed by atoms with Gasteiger partial charge in [0.05, 0.1) is 6.61 Å². The van der Waals surface area contributed by atoms with Crippen molar-refractivity contribution < 1.29 is 17.2 Å². The van der Waals surface area contributed by atoms with Crippen molar-refractivity contribution in [3.8, 4) is 0 Å². The van der Waals surface area contributed by atoms with Crippen LogP contribution < -0.4 is 11.5 Å². The van der Waals surface area contributed by atoms with E-state index < -0.39 is 10.4 Å². The molecule has 0 radical (unpaired) electrons. The zero-order valence-electron chi connectivity index (χ0n) is 10.4. The van der Waals surface area contributed by atoms with E-state index >= 15 is 0 Å². The molecule has 5 N–H and O–H groups in total. The Morgan fingerprint density at radius 1 is 1.38 bits per heavy atom. The minimum Gasteiger partial charge on any atom is -0.328 e. The van der Waals surface area contributed by atoms with Gasteiger partial charge in [-0.15, -0.1) is 0 Å². The van der Waals surface area contributed by atoms with Crippen LogP contribution in [0.2, 0.25) is 0 Å². The van der Waals surface area contributed by atoms with Gasteiger partial charge in [0.15, 0.2) is 0 Å². The second kappa shape index (κ2) is 7.97. The van der Waals surface area contributed by atoms with Gasteiger partial charge in [0, 0.05) is 11.6 Å². The van der Waals surface area contributed by atoms with Gasteiger partial charge in [-0.1, -0.05) is 6.92 Å². The molecule has 0 fully saturated rings.